The smallest absolute Gasteiger partial charge is 0.0117 e. The Hall–Kier alpha value is -0.600. The molecule has 1 rings (SSSR count). The maximum atomic E-state index is 5.91. The molecule has 0 saturated carbocycles. The quantitative estimate of drug-likeness (QED) is 0.710. The van der Waals surface area contributed by atoms with Crippen molar-refractivity contribution in [1.82, 2.24) is 0 Å². The molecule has 1 heterocycles. The predicted molar refractivity (Wildman–Crippen MR) is 55.4 cm³/mol. The van der Waals surface area contributed by atoms with E-state index < -0.39 is 0 Å². The normalized spacial score (nSPS) is 12.8. The van der Waals surface area contributed by atoms with E-state index in [0.29, 0.717) is 0 Å². The molecule has 0 aliphatic rings. The van der Waals surface area contributed by atoms with Crippen molar-refractivity contribution >= 4 is 11.3 Å². The van der Waals surface area contributed by atoms with Gasteiger partial charge < -0.3 is 5.73 Å². The standard InChI is InChI=1S/C10H15NS/c1-8(2)5-10(11)6-9-3-4-12-7-9/h3-4,7,10H,1,5-6,11H2,2H3. The maximum Gasteiger partial charge on any atom is 0.0117 e. The summed E-state index contributed by atoms with van der Waals surface area (Å²) in [5.74, 6) is 0. The third-order valence-electron chi connectivity index (χ3n) is 1.69. The average Bonchev–Trinajstić information content (AvgIpc) is 2.37. The Labute approximate surface area is 77.9 Å². The van der Waals surface area contributed by atoms with Gasteiger partial charge in [-0.3, -0.25) is 0 Å². The van der Waals surface area contributed by atoms with Gasteiger partial charge in [-0.15, -0.1) is 6.58 Å². The lowest BCUT2D eigenvalue weighted by atomic mass is 10.0. The van der Waals surface area contributed by atoms with E-state index in [9.17, 15) is 0 Å². The van der Waals surface area contributed by atoms with Gasteiger partial charge in [0.25, 0.3) is 0 Å². The van der Waals surface area contributed by atoms with Crippen LogP contribution in [-0.2, 0) is 6.42 Å². The van der Waals surface area contributed by atoms with Crippen LogP contribution in [0.25, 0.3) is 0 Å². The largest absolute Gasteiger partial charge is 0.327 e. The van der Waals surface area contributed by atoms with Crippen LogP contribution in [0.5, 0.6) is 0 Å². The van der Waals surface area contributed by atoms with E-state index in [1.54, 1.807) is 11.3 Å². The summed E-state index contributed by atoms with van der Waals surface area (Å²) in [6, 6.07) is 2.36. The summed E-state index contributed by atoms with van der Waals surface area (Å²) in [5, 5.41) is 4.24. The van der Waals surface area contributed by atoms with Crippen LogP contribution >= 0.6 is 11.3 Å². The van der Waals surface area contributed by atoms with E-state index in [4.69, 9.17) is 5.73 Å². The van der Waals surface area contributed by atoms with Crippen LogP contribution < -0.4 is 5.73 Å². The second-order valence-electron chi connectivity index (χ2n) is 3.26. The topological polar surface area (TPSA) is 26.0 Å². The molecule has 1 aromatic rings. The lowest BCUT2D eigenvalue weighted by Crippen LogP contribution is -2.22. The molecule has 1 atom stereocenters. The van der Waals surface area contributed by atoms with Crippen molar-refractivity contribution in [1.29, 1.82) is 0 Å². The summed E-state index contributed by atoms with van der Waals surface area (Å²) < 4.78 is 0. The number of nitrogens with two attached hydrogens (primary N) is 1. The van der Waals surface area contributed by atoms with Gasteiger partial charge in [-0.2, -0.15) is 11.3 Å². The van der Waals surface area contributed by atoms with Crippen molar-refractivity contribution in [2.24, 2.45) is 5.73 Å². The van der Waals surface area contributed by atoms with Crippen molar-refractivity contribution in [3.8, 4) is 0 Å². The number of hydrogen-bond donors (Lipinski definition) is 1. The highest BCUT2D eigenvalue weighted by Crippen LogP contribution is 2.10. The molecule has 2 N–H and O–H groups in total. The molecule has 1 aromatic heterocycles. The van der Waals surface area contributed by atoms with Crippen LogP contribution in [0.4, 0.5) is 0 Å². The van der Waals surface area contributed by atoms with Gasteiger partial charge in [0.2, 0.25) is 0 Å². The molecule has 2 heteroatoms. The minimum absolute atomic E-state index is 0.233. The first-order chi connectivity index (χ1) is 5.68. The van der Waals surface area contributed by atoms with Gasteiger partial charge in [-0.1, -0.05) is 5.57 Å². The minimum atomic E-state index is 0.233. The first-order valence-corrected chi connectivity index (χ1v) is 5.04. The second-order valence-corrected chi connectivity index (χ2v) is 4.04. The summed E-state index contributed by atoms with van der Waals surface area (Å²) in [6.45, 7) is 5.87. The van der Waals surface area contributed by atoms with Gasteiger partial charge in [0.05, 0.1) is 0 Å². The van der Waals surface area contributed by atoms with Crippen molar-refractivity contribution in [2.45, 2.75) is 25.8 Å². The molecule has 66 valence electrons. The molecule has 1 nitrogen and oxygen atoms in total. The van der Waals surface area contributed by atoms with Crippen LogP contribution in [0.1, 0.15) is 18.9 Å². The van der Waals surface area contributed by atoms with E-state index in [2.05, 4.69) is 23.4 Å². The monoisotopic (exact) mass is 181 g/mol. The lowest BCUT2D eigenvalue weighted by molar-refractivity contribution is 0.663. The Kier molecular flexibility index (Phi) is 3.50. The zero-order valence-electron chi connectivity index (χ0n) is 7.42. The number of rotatable bonds is 4. The van der Waals surface area contributed by atoms with Crippen molar-refractivity contribution < 1.29 is 0 Å². The summed E-state index contributed by atoms with van der Waals surface area (Å²) in [6.07, 6.45) is 1.90. The van der Waals surface area contributed by atoms with Gasteiger partial charge in [0.1, 0.15) is 0 Å². The van der Waals surface area contributed by atoms with Crippen LogP contribution in [0.2, 0.25) is 0 Å². The fourth-order valence-electron chi connectivity index (χ4n) is 1.23. The van der Waals surface area contributed by atoms with E-state index in [1.165, 1.54) is 5.56 Å². The van der Waals surface area contributed by atoms with Gasteiger partial charge in [-0.25, -0.2) is 0 Å². The number of thiophene rings is 1. The van der Waals surface area contributed by atoms with Gasteiger partial charge in [0, 0.05) is 6.04 Å². The lowest BCUT2D eigenvalue weighted by Gasteiger charge is -2.09. The van der Waals surface area contributed by atoms with Gasteiger partial charge >= 0.3 is 0 Å². The Bertz CT molecular complexity index is 238. The van der Waals surface area contributed by atoms with E-state index in [0.717, 1.165) is 18.4 Å². The Balaban J connectivity index is 2.36. The number of hydrogen-bond acceptors (Lipinski definition) is 2. The highest BCUT2D eigenvalue weighted by Gasteiger charge is 2.03. The first kappa shape index (κ1) is 9.49. The summed E-state index contributed by atoms with van der Waals surface area (Å²) in [5.41, 5.74) is 8.42. The third-order valence-corrected chi connectivity index (χ3v) is 2.42. The molecular weight excluding hydrogens is 166 g/mol. The van der Waals surface area contributed by atoms with Gasteiger partial charge in [0.15, 0.2) is 0 Å². The summed E-state index contributed by atoms with van der Waals surface area (Å²) >= 11 is 1.72. The zero-order chi connectivity index (χ0) is 8.97. The van der Waals surface area contributed by atoms with Crippen molar-refractivity contribution in [2.75, 3.05) is 0 Å². The fraction of sp³-hybridized carbons (Fsp3) is 0.400. The molecule has 0 amide bonds. The molecular formula is C10H15NS. The van der Waals surface area contributed by atoms with Crippen LogP contribution in [-0.4, -0.2) is 6.04 Å². The molecule has 0 aromatic carbocycles. The molecule has 0 aliphatic heterocycles. The molecule has 0 saturated heterocycles. The SMILES string of the molecule is C=C(C)CC(N)Cc1ccsc1. The minimum Gasteiger partial charge on any atom is -0.327 e. The summed E-state index contributed by atoms with van der Waals surface area (Å²) in [4.78, 5) is 0. The Morgan fingerprint density at radius 2 is 2.50 bits per heavy atom. The molecule has 0 spiro atoms. The predicted octanol–water partition coefficient (Wildman–Crippen LogP) is 2.58. The van der Waals surface area contributed by atoms with Gasteiger partial charge in [-0.05, 0) is 42.2 Å². The Morgan fingerprint density at radius 1 is 1.75 bits per heavy atom. The van der Waals surface area contributed by atoms with Crippen LogP contribution in [0, 0.1) is 0 Å². The molecule has 0 aliphatic carbocycles. The fourth-order valence-corrected chi connectivity index (χ4v) is 1.91. The molecule has 0 bridgehead atoms. The second kappa shape index (κ2) is 4.43. The van der Waals surface area contributed by atoms with E-state index in [-0.39, 0.29) is 6.04 Å². The zero-order valence-corrected chi connectivity index (χ0v) is 8.23. The maximum absolute atomic E-state index is 5.91. The van der Waals surface area contributed by atoms with Crippen LogP contribution in [0.3, 0.4) is 0 Å². The average molecular weight is 181 g/mol. The molecule has 1 unspecified atom stereocenters. The molecule has 12 heavy (non-hydrogen) atoms. The molecule has 0 fully saturated rings. The molecule has 0 radical (unpaired) electrons. The summed E-state index contributed by atoms with van der Waals surface area (Å²) in [7, 11) is 0. The van der Waals surface area contributed by atoms with E-state index >= 15 is 0 Å². The van der Waals surface area contributed by atoms with Crippen LogP contribution in [0.15, 0.2) is 29.0 Å². The first-order valence-electron chi connectivity index (χ1n) is 4.09. The van der Waals surface area contributed by atoms with Crippen molar-refractivity contribution in [3.63, 3.8) is 0 Å². The van der Waals surface area contributed by atoms with Crippen molar-refractivity contribution in [3.05, 3.63) is 34.5 Å². The highest BCUT2D eigenvalue weighted by atomic mass is 32.1. The highest BCUT2D eigenvalue weighted by molar-refractivity contribution is 7.07. The Morgan fingerprint density at radius 3 is 3.00 bits per heavy atom. The van der Waals surface area contributed by atoms with E-state index in [1.807, 2.05) is 6.92 Å². The third kappa shape index (κ3) is 3.20.